The molecule has 7 heteroatoms. The summed E-state index contributed by atoms with van der Waals surface area (Å²) in [6.07, 6.45) is 5.27. The summed E-state index contributed by atoms with van der Waals surface area (Å²) in [6.45, 7) is 1.02. The monoisotopic (exact) mass is 409 g/mol. The van der Waals surface area contributed by atoms with E-state index < -0.39 is 15.9 Å². The Balaban J connectivity index is 1.79. The van der Waals surface area contributed by atoms with Gasteiger partial charge < -0.3 is 5.32 Å². The van der Waals surface area contributed by atoms with Crippen LogP contribution >= 0.6 is 0 Å². The topological polar surface area (TPSA) is 90.3 Å². The van der Waals surface area contributed by atoms with Crippen molar-refractivity contribution in [1.29, 1.82) is 5.26 Å². The summed E-state index contributed by atoms with van der Waals surface area (Å²) in [5.41, 5.74) is 1.01. The van der Waals surface area contributed by atoms with Gasteiger partial charge in [0.05, 0.1) is 4.90 Å². The van der Waals surface area contributed by atoms with E-state index in [0.29, 0.717) is 18.8 Å². The van der Waals surface area contributed by atoms with Gasteiger partial charge >= 0.3 is 0 Å². The van der Waals surface area contributed by atoms with Crippen LogP contribution in [0.4, 0.5) is 5.69 Å². The fraction of sp³-hybridized carbons (Fsp3) is 0.273. The average Bonchev–Trinajstić information content (AvgIpc) is 3.03. The number of carbonyl (C=O) groups excluding carboxylic acids is 1. The third kappa shape index (κ3) is 5.31. The molecule has 0 aliphatic carbocycles. The summed E-state index contributed by atoms with van der Waals surface area (Å²) >= 11 is 0. The standard InChI is InChI=1S/C22H23N3O3S/c23-17-19(15-18-9-4-3-5-10-18)22(26)24-20-11-8-12-21(16-20)29(27,28)25-13-6-1-2-7-14-25/h3-5,8-12,15-16H,1-2,6-7,13-14H2,(H,24,26)/b19-15-. The molecule has 1 saturated heterocycles. The molecule has 3 rings (SSSR count). The summed E-state index contributed by atoms with van der Waals surface area (Å²) in [5.74, 6) is -0.583. The molecule has 0 aromatic heterocycles. The van der Waals surface area contributed by atoms with E-state index in [9.17, 15) is 18.5 Å². The van der Waals surface area contributed by atoms with Crippen molar-refractivity contribution in [2.24, 2.45) is 0 Å². The van der Waals surface area contributed by atoms with E-state index in [1.807, 2.05) is 24.3 Å². The molecule has 6 nitrogen and oxygen atoms in total. The van der Waals surface area contributed by atoms with Gasteiger partial charge in [-0.3, -0.25) is 4.79 Å². The van der Waals surface area contributed by atoms with Gasteiger partial charge in [0, 0.05) is 18.8 Å². The van der Waals surface area contributed by atoms with Crippen molar-refractivity contribution in [3.05, 3.63) is 65.7 Å². The van der Waals surface area contributed by atoms with Crippen molar-refractivity contribution in [2.75, 3.05) is 18.4 Å². The van der Waals surface area contributed by atoms with Crippen LogP contribution in [0.3, 0.4) is 0 Å². The summed E-state index contributed by atoms with van der Waals surface area (Å²) in [6, 6.07) is 17.1. The minimum Gasteiger partial charge on any atom is -0.321 e. The average molecular weight is 410 g/mol. The molecule has 150 valence electrons. The van der Waals surface area contributed by atoms with Crippen LogP contribution in [0.15, 0.2) is 65.1 Å². The summed E-state index contributed by atoms with van der Waals surface area (Å²) in [7, 11) is -3.62. The first-order chi connectivity index (χ1) is 14.0. The quantitative estimate of drug-likeness (QED) is 0.601. The van der Waals surface area contributed by atoms with Crippen molar-refractivity contribution < 1.29 is 13.2 Å². The van der Waals surface area contributed by atoms with Crippen LogP contribution in [0.25, 0.3) is 6.08 Å². The molecule has 0 atom stereocenters. The maximum Gasteiger partial charge on any atom is 0.266 e. The first-order valence-corrected chi connectivity index (χ1v) is 11.0. The van der Waals surface area contributed by atoms with Gasteiger partial charge in [-0.25, -0.2) is 8.42 Å². The zero-order valence-electron chi connectivity index (χ0n) is 16.0. The lowest BCUT2D eigenvalue weighted by molar-refractivity contribution is -0.112. The smallest absolute Gasteiger partial charge is 0.266 e. The number of hydrogen-bond acceptors (Lipinski definition) is 4. The fourth-order valence-electron chi connectivity index (χ4n) is 3.23. The number of nitriles is 1. The second-order valence-corrected chi connectivity index (χ2v) is 8.82. The van der Waals surface area contributed by atoms with Gasteiger partial charge in [-0.05, 0) is 42.7 Å². The van der Waals surface area contributed by atoms with Crippen LogP contribution in [0.1, 0.15) is 31.2 Å². The largest absolute Gasteiger partial charge is 0.321 e. The Morgan fingerprint density at radius 3 is 2.34 bits per heavy atom. The summed E-state index contributed by atoms with van der Waals surface area (Å²) in [5, 5.41) is 12.0. The zero-order valence-corrected chi connectivity index (χ0v) is 16.9. The Kier molecular flexibility index (Phi) is 6.81. The van der Waals surface area contributed by atoms with Gasteiger partial charge in [0.15, 0.2) is 0 Å². The van der Waals surface area contributed by atoms with Gasteiger partial charge in [0.25, 0.3) is 5.91 Å². The highest BCUT2D eigenvalue weighted by Gasteiger charge is 2.25. The highest BCUT2D eigenvalue weighted by molar-refractivity contribution is 7.89. The lowest BCUT2D eigenvalue weighted by Gasteiger charge is -2.20. The van der Waals surface area contributed by atoms with Crippen LogP contribution < -0.4 is 5.32 Å². The molecule has 29 heavy (non-hydrogen) atoms. The number of benzene rings is 2. The number of anilines is 1. The maximum absolute atomic E-state index is 13.0. The third-order valence-corrected chi connectivity index (χ3v) is 6.67. The van der Waals surface area contributed by atoms with Crippen molar-refractivity contribution in [2.45, 2.75) is 30.6 Å². The second kappa shape index (κ2) is 9.50. The van der Waals surface area contributed by atoms with E-state index in [1.54, 1.807) is 24.3 Å². The van der Waals surface area contributed by atoms with E-state index in [-0.39, 0.29) is 10.5 Å². The van der Waals surface area contributed by atoms with E-state index in [1.165, 1.54) is 22.5 Å². The molecule has 0 spiro atoms. The molecule has 1 N–H and O–H groups in total. The van der Waals surface area contributed by atoms with Gasteiger partial charge in [0.2, 0.25) is 10.0 Å². The molecular weight excluding hydrogens is 386 g/mol. The van der Waals surface area contributed by atoms with Crippen LogP contribution in [-0.2, 0) is 14.8 Å². The predicted molar refractivity (Wildman–Crippen MR) is 112 cm³/mol. The van der Waals surface area contributed by atoms with Crippen molar-refractivity contribution in [3.63, 3.8) is 0 Å². The van der Waals surface area contributed by atoms with E-state index in [0.717, 1.165) is 31.2 Å². The number of carbonyl (C=O) groups is 1. The predicted octanol–water partition coefficient (Wildman–Crippen LogP) is 3.80. The first kappa shape index (κ1) is 20.8. The summed E-state index contributed by atoms with van der Waals surface area (Å²) in [4.78, 5) is 12.6. The Labute approximate surface area is 171 Å². The zero-order chi connectivity index (χ0) is 20.7. The first-order valence-electron chi connectivity index (χ1n) is 9.59. The van der Waals surface area contributed by atoms with Crippen LogP contribution in [-0.4, -0.2) is 31.7 Å². The van der Waals surface area contributed by atoms with Crippen molar-refractivity contribution in [1.82, 2.24) is 4.31 Å². The Morgan fingerprint density at radius 1 is 1.00 bits per heavy atom. The lowest BCUT2D eigenvalue weighted by Crippen LogP contribution is -2.32. The molecule has 0 bridgehead atoms. The van der Waals surface area contributed by atoms with Crippen LogP contribution in [0, 0.1) is 11.3 Å². The Morgan fingerprint density at radius 2 is 1.69 bits per heavy atom. The van der Waals surface area contributed by atoms with E-state index in [4.69, 9.17) is 0 Å². The highest BCUT2D eigenvalue weighted by atomic mass is 32.2. The van der Waals surface area contributed by atoms with Crippen LogP contribution in [0.5, 0.6) is 0 Å². The van der Waals surface area contributed by atoms with Gasteiger partial charge in [-0.15, -0.1) is 0 Å². The molecule has 1 fully saturated rings. The molecule has 1 aliphatic heterocycles. The normalized spacial score (nSPS) is 15.9. The Bertz CT molecular complexity index is 1030. The SMILES string of the molecule is N#C/C(=C/c1ccccc1)C(=O)Nc1cccc(S(=O)(=O)N2CCCCCC2)c1. The van der Waals surface area contributed by atoms with Crippen LogP contribution in [0.2, 0.25) is 0 Å². The van der Waals surface area contributed by atoms with Crippen molar-refractivity contribution >= 4 is 27.7 Å². The van der Waals surface area contributed by atoms with Gasteiger partial charge in [0.1, 0.15) is 11.6 Å². The molecule has 2 aromatic carbocycles. The molecule has 1 amide bonds. The van der Waals surface area contributed by atoms with E-state index in [2.05, 4.69) is 5.32 Å². The number of nitrogens with one attached hydrogen (secondary N) is 1. The minimum absolute atomic E-state index is 0.0584. The molecule has 0 radical (unpaired) electrons. The number of rotatable bonds is 5. The molecule has 2 aromatic rings. The molecule has 1 heterocycles. The minimum atomic E-state index is -3.62. The van der Waals surface area contributed by atoms with Gasteiger partial charge in [-0.2, -0.15) is 9.57 Å². The third-order valence-electron chi connectivity index (χ3n) is 4.77. The van der Waals surface area contributed by atoms with E-state index >= 15 is 0 Å². The number of hydrogen-bond donors (Lipinski definition) is 1. The number of amides is 1. The fourth-order valence-corrected chi connectivity index (χ4v) is 4.79. The highest BCUT2D eigenvalue weighted by Crippen LogP contribution is 2.23. The second-order valence-electron chi connectivity index (χ2n) is 6.88. The lowest BCUT2D eigenvalue weighted by atomic mass is 10.1. The molecule has 0 unspecified atom stereocenters. The van der Waals surface area contributed by atoms with Gasteiger partial charge in [-0.1, -0.05) is 49.2 Å². The number of sulfonamides is 1. The number of nitrogens with zero attached hydrogens (tertiary/aromatic N) is 2. The summed E-state index contributed by atoms with van der Waals surface area (Å²) < 4.78 is 27.4. The Hall–Kier alpha value is -2.95. The molecular formula is C22H23N3O3S. The van der Waals surface area contributed by atoms with Crippen molar-refractivity contribution in [3.8, 4) is 6.07 Å². The maximum atomic E-state index is 13.0. The molecule has 1 aliphatic rings. The molecule has 0 saturated carbocycles.